The first-order valence-corrected chi connectivity index (χ1v) is 10.5. The van der Waals surface area contributed by atoms with Crippen LogP contribution in [0.3, 0.4) is 0 Å². The molecule has 0 bridgehead atoms. The van der Waals surface area contributed by atoms with Gasteiger partial charge < -0.3 is 5.32 Å². The molecule has 0 aliphatic heterocycles. The monoisotopic (exact) mass is 499 g/mol. The van der Waals surface area contributed by atoms with E-state index in [9.17, 15) is 4.79 Å². The Morgan fingerprint density at radius 1 is 1.07 bits per heavy atom. The molecular weight excluding hydrogens is 486 g/mol. The van der Waals surface area contributed by atoms with Crippen molar-refractivity contribution in [3.63, 3.8) is 0 Å². The highest BCUT2D eigenvalue weighted by Crippen LogP contribution is 2.23. The zero-order valence-electron chi connectivity index (χ0n) is 15.7. The van der Waals surface area contributed by atoms with Crippen LogP contribution in [0.15, 0.2) is 65.1 Å². The van der Waals surface area contributed by atoms with Crippen molar-refractivity contribution in [2.24, 2.45) is 0 Å². The largest absolute Gasteiger partial charge is 0.332 e. The molecule has 9 heteroatoms. The van der Waals surface area contributed by atoms with Crippen molar-refractivity contribution in [2.45, 2.75) is 6.92 Å². The van der Waals surface area contributed by atoms with Crippen LogP contribution in [0.5, 0.6) is 0 Å². The summed E-state index contributed by atoms with van der Waals surface area (Å²) in [6.45, 7) is 1.93. The lowest BCUT2D eigenvalue weighted by atomic mass is 10.2. The van der Waals surface area contributed by atoms with Gasteiger partial charge in [-0.3, -0.25) is 10.1 Å². The lowest BCUT2D eigenvalue weighted by Gasteiger charge is -2.12. The summed E-state index contributed by atoms with van der Waals surface area (Å²) in [6, 6.07) is 18.2. The Balaban J connectivity index is 1.54. The zero-order chi connectivity index (χ0) is 21.3. The Kier molecular flexibility index (Phi) is 5.80. The molecule has 0 aliphatic rings. The summed E-state index contributed by atoms with van der Waals surface area (Å²) >= 11 is 14.6. The molecule has 1 aromatic heterocycles. The SMILES string of the molecule is Cc1cc2nn(-c3ccc(Cl)cc3)nc2cc1NC(=S)NC(=O)c1ccccc1Br. The number of hydrogen-bond acceptors (Lipinski definition) is 4. The number of amides is 1. The number of aryl methyl sites for hydroxylation is 1. The number of aromatic nitrogens is 3. The highest BCUT2D eigenvalue weighted by atomic mass is 79.9. The first kappa shape index (κ1) is 20.5. The molecule has 4 rings (SSSR count). The van der Waals surface area contributed by atoms with Crippen LogP contribution in [0, 0.1) is 6.92 Å². The lowest BCUT2D eigenvalue weighted by molar-refractivity contribution is 0.0977. The molecule has 0 atom stereocenters. The maximum atomic E-state index is 12.4. The molecule has 0 saturated carbocycles. The number of halogens is 2. The normalized spacial score (nSPS) is 10.8. The Labute approximate surface area is 191 Å². The maximum absolute atomic E-state index is 12.4. The van der Waals surface area contributed by atoms with E-state index in [0.717, 1.165) is 22.5 Å². The van der Waals surface area contributed by atoms with E-state index in [0.29, 0.717) is 20.6 Å². The van der Waals surface area contributed by atoms with Crippen LogP contribution < -0.4 is 10.6 Å². The van der Waals surface area contributed by atoms with Crippen molar-refractivity contribution < 1.29 is 4.79 Å². The molecule has 0 fully saturated rings. The van der Waals surface area contributed by atoms with Crippen LogP contribution in [-0.2, 0) is 0 Å². The van der Waals surface area contributed by atoms with Gasteiger partial charge in [-0.05, 0) is 89.2 Å². The van der Waals surface area contributed by atoms with Crippen molar-refractivity contribution in [1.82, 2.24) is 20.3 Å². The van der Waals surface area contributed by atoms with Crippen molar-refractivity contribution in [1.29, 1.82) is 0 Å². The number of nitrogens with zero attached hydrogens (tertiary/aromatic N) is 3. The molecule has 150 valence electrons. The first-order chi connectivity index (χ1) is 14.4. The summed E-state index contributed by atoms with van der Waals surface area (Å²) in [6.07, 6.45) is 0. The summed E-state index contributed by atoms with van der Waals surface area (Å²) in [5.74, 6) is -0.299. The van der Waals surface area contributed by atoms with Crippen molar-refractivity contribution in [3.05, 3.63) is 81.3 Å². The molecule has 0 saturated heterocycles. The molecule has 0 radical (unpaired) electrons. The van der Waals surface area contributed by atoms with E-state index in [4.69, 9.17) is 23.8 Å². The van der Waals surface area contributed by atoms with Crippen molar-refractivity contribution in [3.8, 4) is 5.69 Å². The Morgan fingerprint density at radius 2 is 1.73 bits per heavy atom. The van der Waals surface area contributed by atoms with Gasteiger partial charge in [0.15, 0.2) is 5.11 Å². The van der Waals surface area contributed by atoms with E-state index >= 15 is 0 Å². The summed E-state index contributed by atoms with van der Waals surface area (Å²) in [5.41, 5.74) is 4.40. The van der Waals surface area contributed by atoms with Crippen LogP contribution in [-0.4, -0.2) is 26.0 Å². The number of carbonyl (C=O) groups is 1. The van der Waals surface area contributed by atoms with Gasteiger partial charge in [0.1, 0.15) is 11.0 Å². The molecule has 30 heavy (non-hydrogen) atoms. The van der Waals surface area contributed by atoms with Gasteiger partial charge in [-0.2, -0.15) is 4.80 Å². The van der Waals surface area contributed by atoms with E-state index in [2.05, 4.69) is 36.8 Å². The summed E-state index contributed by atoms with van der Waals surface area (Å²) in [5, 5.41) is 15.7. The highest BCUT2D eigenvalue weighted by molar-refractivity contribution is 9.10. The molecule has 2 N–H and O–H groups in total. The maximum Gasteiger partial charge on any atom is 0.258 e. The minimum Gasteiger partial charge on any atom is -0.332 e. The van der Waals surface area contributed by atoms with Gasteiger partial charge in [-0.15, -0.1) is 10.2 Å². The number of hydrogen-bond donors (Lipinski definition) is 2. The standard InChI is InChI=1S/C21H15BrClN5OS/c1-12-10-18-19(27-28(26-18)14-8-6-13(23)7-9-14)11-17(12)24-21(30)25-20(29)15-4-2-3-5-16(15)22/h2-11H,1H3,(H2,24,25,29,30). The van der Waals surface area contributed by atoms with Gasteiger partial charge >= 0.3 is 0 Å². The topological polar surface area (TPSA) is 71.8 Å². The fourth-order valence-electron chi connectivity index (χ4n) is 2.86. The summed E-state index contributed by atoms with van der Waals surface area (Å²) in [7, 11) is 0. The van der Waals surface area contributed by atoms with Crippen molar-refractivity contribution >= 4 is 67.5 Å². The predicted octanol–water partition coefficient (Wildman–Crippen LogP) is 5.27. The molecular formula is C21H15BrClN5OS. The molecule has 4 aromatic rings. The third-order valence-electron chi connectivity index (χ3n) is 4.38. The van der Waals surface area contributed by atoms with Crippen LogP contribution in [0.4, 0.5) is 5.69 Å². The third-order valence-corrected chi connectivity index (χ3v) is 5.53. The number of nitrogens with one attached hydrogen (secondary N) is 2. The summed E-state index contributed by atoms with van der Waals surface area (Å²) < 4.78 is 0.696. The van der Waals surface area contributed by atoms with Gasteiger partial charge in [0.2, 0.25) is 0 Å². The Morgan fingerprint density at radius 3 is 2.43 bits per heavy atom. The number of fused-ring (bicyclic) bond motifs is 1. The van der Waals surface area contributed by atoms with E-state index < -0.39 is 0 Å². The van der Waals surface area contributed by atoms with Gasteiger partial charge in [0, 0.05) is 15.2 Å². The Hall–Kier alpha value is -2.81. The smallest absolute Gasteiger partial charge is 0.258 e. The molecule has 6 nitrogen and oxygen atoms in total. The average Bonchev–Trinajstić information content (AvgIpc) is 3.11. The number of thiocarbonyl (C=S) groups is 1. The van der Waals surface area contributed by atoms with Crippen LogP contribution in [0.1, 0.15) is 15.9 Å². The molecule has 0 spiro atoms. The molecule has 0 aliphatic carbocycles. The lowest BCUT2D eigenvalue weighted by Crippen LogP contribution is -2.34. The number of benzene rings is 3. The fourth-order valence-corrected chi connectivity index (χ4v) is 3.66. The first-order valence-electron chi connectivity index (χ1n) is 8.91. The summed E-state index contributed by atoms with van der Waals surface area (Å²) in [4.78, 5) is 14.0. The van der Waals surface area contributed by atoms with E-state index in [1.165, 1.54) is 0 Å². The Bertz CT molecular complexity index is 1270. The number of carbonyl (C=O) groups excluding carboxylic acids is 1. The zero-order valence-corrected chi connectivity index (χ0v) is 18.8. The predicted molar refractivity (Wildman–Crippen MR) is 126 cm³/mol. The van der Waals surface area contributed by atoms with Gasteiger partial charge in [-0.25, -0.2) is 0 Å². The average molecular weight is 501 g/mol. The quantitative estimate of drug-likeness (QED) is 0.375. The van der Waals surface area contributed by atoms with Crippen LogP contribution >= 0.6 is 39.7 Å². The fraction of sp³-hybridized carbons (Fsp3) is 0.0476. The minimum atomic E-state index is -0.299. The second-order valence-electron chi connectivity index (χ2n) is 6.51. The van der Waals surface area contributed by atoms with Crippen molar-refractivity contribution in [2.75, 3.05) is 5.32 Å². The van der Waals surface area contributed by atoms with Gasteiger partial charge in [0.05, 0.1) is 11.3 Å². The number of rotatable bonds is 3. The third kappa shape index (κ3) is 4.35. The molecule has 3 aromatic carbocycles. The van der Waals surface area contributed by atoms with E-state index in [-0.39, 0.29) is 11.0 Å². The molecule has 1 amide bonds. The molecule has 0 unspecified atom stereocenters. The number of anilines is 1. The van der Waals surface area contributed by atoms with Crippen LogP contribution in [0.2, 0.25) is 5.02 Å². The second kappa shape index (κ2) is 8.51. The minimum absolute atomic E-state index is 0.197. The van der Waals surface area contributed by atoms with Gasteiger partial charge in [-0.1, -0.05) is 23.7 Å². The molecule has 1 heterocycles. The second-order valence-corrected chi connectivity index (χ2v) is 8.21. The van der Waals surface area contributed by atoms with E-state index in [1.54, 1.807) is 35.1 Å². The van der Waals surface area contributed by atoms with Crippen LogP contribution in [0.25, 0.3) is 16.7 Å². The highest BCUT2D eigenvalue weighted by Gasteiger charge is 2.13. The van der Waals surface area contributed by atoms with Gasteiger partial charge in [0.25, 0.3) is 5.91 Å². The van der Waals surface area contributed by atoms with E-state index in [1.807, 2.05) is 37.3 Å².